The number of carbonyl (C=O) groups is 1. The molecule has 0 fully saturated rings. The maximum Gasteiger partial charge on any atom is 0.346 e. The Morgan fingerprint density at radius 3 is 2.19 bits per heavy atom. The molecule has 0 aliphatic carbocycles. The minimum Gasteiger partial charge on any atom is -0.490 e. The number of aliphatic carboxylic acids is 1. The molecule has 2 aromatic rings. The Bertz CT molecular complexity index is 892. The van der Waals surface area contributed by atoms with Crippen molar-refractivity contribution in [3.63, 3.8) is 0 Å². The van der Waals surface area contributed by atoms with Crippen molar-refractivity contribution in [3.8, 4) is 17.6 Å². The van der Waals surface area contributed by atoms with E-state index in [1.165, 1.54) is 0 Å². The summed E-state index contributed by atoms with van der Waals surface area (Å²) in [5.41, 5.74) is 1.68. The normalized spacial score (nSPS) is 11.4. The van der Waals surface area contributed by atoms with Crippen molar-refractivity contribution in [1.29, 1.82) is 5.26 Å². The highest BCUT2D eigenvalue weighted by molar-refractivity contribution is 6.37. The van der Waals surface area contributed by atoms with Crippen LogP contribution >= 0.6 is 23.2 Å². The first-order valence-corrected chi connectivity index (χ1v) is 8.75. The van der Waals surface area contributed by atoms with Gasteiger partial charge in [0.25, 0.3) is 0 Å². The van der Waals surface area contributed by atoms with Crippen LogP contribution in [-0.4, -0.2) is 24.3 Å². The number of carboxylic acids is 1. The molecule has 0 spiro atoms. The van der Waals surface area contributed by atoms with Crippen LogP contribution in [0.15, 0.2) is 42.0 Å². The molecule has 1 N–H and O–H groups in total. The minimum absolute atomic E-state index is 0.251. The van der Waals surface area contributed by atoms with Crippen molar-refractivity contribution in [3.05, 3.63) is 63.1 Å². The van der Waals surface area contributed by atoms with E-state index in [2.05, 4.69) is 0 Å². The lowest BCUT2D eigenvalue weighted by atomic mass is 10.0. The minimum atomic E-state index is -1.25. The molecule has 0 saturated heterocycles. The third-order valence-electron chi connectivity index (χ3n) is 3.73. The van der Waals surface area contributed by atoms with Gasteiger partial charge in [0.1, 0.15) is 30.6 Å². The van der Waals surface area contributed by atoms with E-state index in [0.717, 1.165) is 5.56 Å². The highest BCUT2D eigenvalue weighted by Gasteiger charge is 2.12. The number of benzene rings is 2. The van der Waals surface area contributed by atoms with Crippen molar-refractivity contribution in [2.24, 2.45) is 0 Å². The zero-order valence-electron chi connectivity index (χ0n) is 14.8. The van der Waals surface area contributed by atoms with Gasteiger partial charge in [-0.15, -0.1) is 0 Å². The predicted molar refractivity (Wildman–Crippen MR) is 104 cm³/mol. The molecular formula is C20H17Cl2NO4. The van der Waals surface area contributed by atoms with Gasteiger partial charge in [-0.25, -0.2) is 4.79 Å². The molecule has 27 heavy (non-hydrogen) atoms. The molecule has 2 rings (SSSR count). The molecule has 0 saturated carbocycles. The number of hydrogen-bond donors (Lipinski definition) is 1. The van der Waals surface area contributed by atoms with Crippen LogP contribution in [0.25, 0.3) is 5.57 Å². The number of ether oxygens (including phenoxy) is 2. The Morgan fingerprint density at radius 1 is 1.11 bits per heavy atom. The summed E-state index contributed by atoms with van der Waals surface area (Å²) in [5, 5.41) is 18.8. The van der Waals surface area contributed by atoms with Gasteiger partial charge in [0.15, 0.2) is 5.75 Å². The average Bonchev–Trinajstić information content (AvgIpc) is 2.61. The van der Waals surface area contributed by atoms with E-state index in [9.17, 15) is 4.79 Å². The smallest absolute Gasteiger partial charge is 0.346 e. The molecule has 5 nitrogen and oxygen atoms in total. The molecule has 140 valence electrons. The molecule has 0 aromatic heterocycles. The Hall–Kier alpha value is -2.68. The third-order valence-corrected chi connectivity index (χ3v) is 4.29. The Morgan fingerprint density at radius 2 is 1.67 bits per heavy atom. The first-order valence-electron chi connectivity index (χ1n) is 7.99. The molecule has 0 aliphatic heterocycles. The van der Waals surface area contributed by atoms with Gasteiger partial charge in [0.2, 0.25) is 0 Å². The highest BCUT2D eigenvalue weighted by Crippen LogP contribution is 2.34. The topological polar surface area (TPSA) is 79.6 Å². The molecule has 7 heteroatoms. The van der Waals surface area contributed by atoms with Crippen LogP contribution in [0.5, 0.6) is 11.5 Å². The SMILES string of the molecule is CC(=C(C#N)C(=O)O)c1ccc(OCCOc2c(Cl)cc(C)cc2Cl)cc1. The van der Waals surface area contributed by atoms with Gasteiger partial charge in [-0.3, -0.25) is 0 Å². The van der Waals surface area contributed by atoms with Crippen molar-refractivity contribution in [2.45, 2.75) is 13.8 Å². The Kier molecular flexibility index (Phi) is 7.12. The second-order valence-corrected chi connectivity index (χ2v) is 6.51. The largest absolute Gasteiger partial charge is 0.490 e. The summed E-state index contributed by atoms with van der Waals surface area (Å²) in [7, 11) is 0. The number of nitriles is 1. The number of aryl methyl sites for hydroxylation is 1. The summed E-state index contributed by atoms with van der Waals surface area (Å²) < 4.78 is 11.2. The molecule has 0 amide bonds. The molecule has 0 atom stereocenters. The molecular weight excluding hydrogens is 389 g/mol. The van der Waals surface area contributed by atoms with Crippen LogP contribution in [-0.2, 0) is 4.79 Å². The van der Waals surface area contributed by atoms with Crippen LogP contribution in [0.4, 0.5) is 0 Å². The summed E-state index contributed by atoms with van der Waals surface area (Å²) in [4.78, 5) is 11.0. The molecule has 0 bridgehead atoms. The first kappa shape index (κ1) is 20.6. The lowest BCUT2D eigenvalue weighted by Gasteiger charge is -2.12. The van der Waals surface area contributed by atoms with E-state index in [-0.39, 0.29) is 18.8 Å². The number of hydrogen-bond acceptors (Lipinski definition) is 4. The summed E-state index contributed by atoms with van der Waals surface area (Å²) in [5.74, 6) is -0.243. The number of nitrogens with zero attached hydrogens (tertiary/aromatic N) is 1. The fourth-order valence-electron chi connectivity index (χ4n) is 2.37. The van der Waals surface area contributed by atoms with Gasteiger partial charge in [-0.05, 0) is 54.8 Å². The molecule has 0 aliphatic rings. The second-order valence-electron chi connectivity index (χ2n) is 5.70. The van der Waals surface area contributed by atoms with Crippen LogP contribution in [0.3, 0.4) is 0 Å². The van der Waals surface area contributed by atoms with Crippen molar-refractivity contribution in [1.82, 2.24) is 0 Å². The van der Waals surface area contributed by atoms with Crippen LogP contribution in [0.2, 0.25) is 10.0 Å². The van der Waals surface area contributed by atoms with Crippen molar-refractivity contribution in [2.75, 3.05) is 13.2 Å². The summed E-state index contributed by atoms with van der Waals surface area (Å²) in [6.45, 7) is 4.00. The van der Waals surface area contributed by atoms with E-state index >= 15 is 0 Å². The number of rotatable bonds is 7. The third kappa shape index (κ3) is 5.40. The van der Waals surface area contributed by atoms with E-state index in [4.69, 9.17) is 43.0 Å². The fraction of sp³-hybridized carbons (Fsp3) is 0.200. The molecule has 0 heterocycles. The molecule has 0 unspecified atom stereocenters. The average molecular weight is 406 g/mol. The van der Waals surface area contributed by atoms with Gasteiger partial charge in [-0.2, -0.15) is 5.26 Å². The van der Waals surface area contributed by atoms with E-state index in [1.54, 1.807) is 49.4 Å². The predicted octanol–water partition coefficient (Wildman–Crippen LogP) is 5.14. The second kappa shape index (κ2) is 9.31. The number of halogens is 2. The van der Waals surface area contributed by atoms with Crippen molar-refractivity contribution >= 4 is 34.7 Å². The Labute approximate surface area is 167 Å². The van der Waals surface area contributed by atoms with Gasteiger partial charge in [0.05, 0.1) is 10.0 Å². The van der Waals surface area contributed by atoms with Gasteiger partial charge >= 0.3 is 5.97 Å². The first-order chi connectivity index (χ1) is 12.8. The lowest BCUT2D eigenvalue weighted by molar-refractivity contribution is -0.132. The zero-order chi connectivity index (χ0) is 20.0. The summed E-state index contributed by atoms with van der Waals surface area (Å²) in [6.07, 6.45) is 0. The van der Waals surface area contributed by atoms with E-state index in [1.807, 2.05) is 6.92 Å². The van der Waals surface area contributed by atoms with Gasteiger partial charge < -0.3 is 14.6 Å². The van der Waals surface area contributed by atoms with Crippen LogP contribution in [0.1, 0.15) is 18.1 Å². The monoisotopic (exact) mass is 405 g/mol. The standard InChI is InChI=1S/C20H17Cl2NO4/c1-12-9-17(21)19(18(22)10-12)27-8-7-26-15-5-3-14(4-6-15)13(2)16(11-23)20(24)25/h3-6,9-10H,7-8H2,1-2H3,(H,24,25). The molecule has 0 radical (unpaired) electrons. The summed E-state index contributed by atoms with van der Waals surface area (Å²) in [6, 6.07) is 12.0. The van der Waals surface area contributed by atoms with Gasteiger partial charge in [0, 0.05) is 0 Å². The fourth-order valence-corrected chi connectivity index (χ4v) is 3.07. The van der Waals surface area contributed by atoms with Crippen molar-refractivity contribution < 1.29 is 19.4 Å². The van der Waals surface area contributed by atoms with Gasteiger partial charge in [-0.1, -0.05) is 35.3 Å². The maximum atomic E-state index is 11.0. The quantitative estimate of drug-likeness (QED) is 0.391. The van der Waals surface area contributed by atoms with E-state index in [0.29, 0.717) is 32.7 Å². The zero-order valence-corrected chi connectivity index (χ0v) is 16.3. The summed E-state index contributed by atoms with van der Waals surface area (Å²) >= 11 is 12.2. The maximum absolute atomic E-state index is 11.0. The van der Waals surface area contributed by atoms with Crippen LogP contribution in [0, 0.1) is 18.3 Å². The highest BCUT2D eigenvalue weighted by atomic mass is 35.5. The molecule has 2 aromatic carbocycles. The number of allylic oxidation sites excluding steroid dienone is 1. The van der Waals surface area contributed by atoms with Crippen LogP contribution < -0.4 is 9.47 Å². The lowest BCUT2D eigenvalue weighted by Crippen LogP contribution is -2.09. The van der Waals surface area contributed by atoms with E-state index < -0.39 is 5.97 Å². The Balaban J connectivity index is 1.95. The number of carboxylic acid groups (broad SMARTS) is 1.